The van der Waals surface area contributed by atoms with Crippen LogP contribution in [0.5, 0.6) is 0 Å². The minimum atomic E-state index is -0.310. The van der Waals surface area contributed by atoms with Crippen molar-refractivity contribution in [3.8, 4) is 0 Å². The molecule has 2 aliphatic rings. The van der Waals surface area contributed by atoms with Crippen LogP contribution in [0.15, 0.2) is 64.2 Å². The molecule has 0 atom stereocenters. The predicted molar refractivity (Wildman–Crippen MR) is 111 cm³/mol. The van der Waals surface area contributed by atoms with Crippen molar-refractivity contribution in [1.29, 1.82) is 0 Å². The third-order valence-corrected chi connectivity index (χ3v) is 5.82. The van der Waals surface area contributed by atoms with Crippen LogP contribution in [0.3, 0.4) is 0 Å². The lowest BCUT2D eigenvalue weighted by Gasteiger charge is -2.31. The molecule has 4 rings (SSSR count). The molecule has 2 aromatic carbocycles. The Labute approximate surface area is 174 Å². The van der Waals surface area contributed by atoms with Crippen LogP contribution in [0.25, 0.3) is 5.57 Å². The van der Waals surface area contributed by atoms with Crippen molar-refractivity contribution in [3.05, 3.63) is 75.7 Å². The predicted octanol–water partition coefficient (Wildman–Crippen LogP) is 4.49. The molecule has 3 N–H and O–H groups in total. The molecule has 0 aliphatic carbocycles. The minimum absolute atomic E-state index is 0.201. The number of nitrogens with zero attached hydrogens (tertiary/aromatic N) is 2. The molecule has 2 aromatic rings. The van der Waals surface area contributed by atoms with Gasteiger partial charge in [-0.05, 0) is 48.6 Å². The molecule has 0 saturated heterocycles. The normalized spacial score (nSPS) is 16.0. The number of thioether (sulfide) groups is 1. The van der Waals surface area contributed by atoms with Crippen molar-refractivity contribution in [2.45, 2.75) is 4.90 Å². The molecular formula is C19H13Cl2FN4OS. The Morgan fingerprint density at radius 2 is 1.89 bits per heavy atom. The van der Waals surface area contributed by atoms with Gasteiger partial charge in [-0.2, -0.15) is 5.10 Å². The molecule has 0 fully saturated rings. The maximum Gasteiger partial charge on any atom is 0.255 e. The molecule has 2 heterocycles. The number of carbonyl (C=O) groups is 1. The van der Waals surface area contributed by atoms with Crippen LogP contribution in [0, 0.1) is 5.82 Å². The number of anilines is 1. The number of rotatable bonds is 2. The van der Waals surface area contributed by atoms with Crippen LogP contribution in [0.1, 0.15) is 5.56 Å². The number of halogens is 3. The van der Waals surface area contributed by atoms with Gasteiger partial charge in [0.2, 0.25) is 0 Å². The standard InChI is InChI=1S/C19H13Cl2FN4OS/c20-12-5-6-13(23)18(21)16(12)17-14-7-8-15(25-26(14)9-24-19(17)27)28-11-3-1-10(22)2-4-11/h1-8H,9,23H2,(H,24,27). The van der Waals surface area contributed by atoms with E-state index in [9.17, 15) is 9.18 Å². The smallest absolute Gasteiger partial charge is 0.255 e. The zero-order chi connectivity index (χ0) is 19.8. The van der Waals surface area contributed by atoms with Crippen molar-refractivity contribution in [1.82, 2.24) is 10.3 Å². The Hall–Kier alpha value is -2.48. The third-order valence-electron chi connectivity index (χ3n) is 4.16. The zero-order valence-corrected chi connectivity index (χ0v) is 16.6. The van der Waals surface area contributed by atoms with Gasteiger partial charge in [-0.15, -0.1) is 0 Å². The Bertz CT molecular complexity index is 1070. The number of nitrogen functional groups attached to an aromatic ring is 1. The van der Waals surface area contributed by atoms with Crippen molar-refractivity contribution in [2.75, 3.05) is 12.4 Å². The lowest BCUT2D eigenvalue weighted by molar-refractivity contribution is -0.116. The first kappa shape index (κ1) is 18.9. The highest BCUT2D eigenvalue weighted by Crippen LogP contribution is 2.39. The second-order valence-electron chi connectivity index (χ2n) is 5.98. The van der Waals surface area contributed by atoms with E-state index in [-0.39, 0.29) is 23.4 Å². The van der Waals surface area contributed by atoms with Gasteiger partial charge in [-0.3, -0.25) is 4.79 Å². The summed E-state index contributed by atoms with van der Waals surface area (Å²) in [4.78, 5) is 13.4. The van der Waals surface area contributed by atoms with Gasteiger partial charge in [0.1, 0.15) is 17.5 Å². The third kappa shape index (κ3) is 3.48. The van der Waals surface area contributed by atoms with Gasteiger partial charge in [0.15, 0.2) is 0 Å². The van der Waals surface area contributed by atoms with E-state index in [4.69, 9.17) is 28.9 Å². The van der Waals surface area contributed by atoms with E-state index in [0.717, 1.165) is 4.90 Å². The van der Waals surface area contributed by atoms with Gasteiger partial charge in [-0.1, -0.05) is 35.0 Å². The van der Waals surface area contributed by atoms with Gasteiger partial charge in [-0.25, -0.2) is 9.40 Å². The summed E-state index contributed by atoms with van der Waals surface area (Å²) in [5.74, 6) is -0.606. The van der Waals surface area contributed by atoms with E-state index in [1.165, 1.54) is 23.9 Å². The van der Waals surface area contributed by atoms with Crippen LogP contribution in [-0.4, -0.2) is 22.6 Å². The summed E-state index contributed by atoms with van der Waals surface area (Å²) in [5.41, 5.74) is 7.47. The van der Waals surface area contributed by atoms with Gasteiger partial charge in [0, 0.05) is 10.5 Å². The molecular weight excluding hydrogens is 422 g/mol. The first-order valence-electron chi connectivity index (χ1n) is 8.18. The maximum atomic E-state index is 13.1. The second-order valence-corrected chi connectivity index (χ2v) is 7.86. The molecule has 0 aromatic heterocycles. The van der Waals surface area contributed by atoms with Crippen LogP contribution in [0.2, 0.25) is 10.0 Å². The topological polar surface area (TPSA) is 70.7 Å². The number of benzene rings is 2. The van der Waals surface area contributed by atoms with Gasteiger partial charge >= 0.3 is 0 Å². The monoisotopic (exact) mass is 434 g/mol. The molecule has 0 radical (unpaired) electrons. The Morgan fingerprint density at radius 1 is 1.14 bits per heavy atom. The van der Waals surface area contributed by atoms with E-state index in [2.05, 4.69) is 10.4 Å². The minimum Gasteiger partial charge on any atom is -0.398 e. The van der Waals surface area contributed by atoms with E-state index < -0.39 is 0 Å². The number of hydrogen-bond donors (Lipinski definition) is 2. The quantitative estimate of drug-likeness (QED) is 0.682. The van der Waals surface area contributed by atoms with Crippen molar-refractivity contribution < 1.29 is 9.18 Å². The fourth-order valence-corrected chi connectivity index (χ4v) is 4.19. The van der Waals surface area contributed by atoms with E-state index >= 15 is 0 Å². The number of hydrazone groups is 1. The Kier molecular flexibility index (Phi) is 5.05. The van der Waals surface area contributed by atoms with Gasteiger partial charge < -0.3 is 11.1 Å². The highest BCUT2D eigenvalue weighted by molar-refractivity contribution is 8.14. The number of fused-ring (bicyclic) bond motifs is 1. The summed E-state index contributed by atoms with van der Waals surface area (Å²) in [5, 5.41) is 10.2. The molecule has 0 bridgehead atoms. The molecule has 28 heavy (non-hydrogen) atoms. The average Bonchev–Trinajstić information content (AvgIpc) is 2.68. The summed E-state index contributed by atoms with van der Waals surface area (Å²) < 4.78 is 13.1. The number of amides is 1. The number of carbonyl (C=O) groups excluding carboxylic acids is 1. The fourth-order valence-electron chi connectivity index (χ4n) is 2.84. The van der Waals surface area contributed by atoms with Crippen molar-refractivity contribution >= 4 is 57.2 Å². The van der Waals surface area contributed by atoms with E-state index in [0.29, 0.717) is 32.6 Å². The van der Waals surface area contributed by atoms with E-state index in [1.54, 1.807) is 41.4 Å². The average molecular weight is 435 g/mol. The molecule has 2 aliphatic heterocycles. The second kappa shape index (κ2) is 7.50. The fraction of sp³-hybridized carbons (Fsp3) is 0.0526. The van der Waals surface area contributed by atoms with Crippen LogP contribution >= 0.6 is 35.0 Å². The summed E-state index contributed by atoms with van der Waals surface area (Å²) >= 11 is 14.0. The summed E-state index contributed by atoms with van der Waals surface area (Å²) in [6.45, 7) is 0.201. The number of allylic oxidation sites excluding steroid dienone is 1. The summed E-state index contributed by atoms with van der Waals surface area (Å²) in [6, 6.07) is 9.33. The molecule has 9 heteroatoms. The summed E-state index contributed by atoms with van der Waals surface area (Å²) in [7, 11) is 0. The highest BCUT2D eigenvalue weighted by atomic mass is 35.5. The molecule has 142 valence electrons. The van der Waals surface area contributed by atoms with Crippen molar-refractivity contribution in [3.63, 3.8) is 0 Å². The largest absolute Gasteiger partial charge is 0.398 e. The molecule has 0 saturated carbocycles. The Balaban J connectivity index is 1.73. The lowest BCUT2D eigenvalue weighted by atomic mass is 9.99. The van der Waals surface area contributed by atoms with Crippen LogP contribution < -0.4 is 11.1 Å². The molecule has 0 spiro atoms. The Morgan fingerprint density at radius 3 is 2.64 bits per heavy atom. The summed E-state index contributed by atoms with van der Waals surface area (Å²) in [6.07, 6.45) is 3.56. The van der Waals surface area contributed by atoms with Crippen molar-refractivity contribution in [2.24, 2.45) is 5.10 Å². The van der Waals surface area contributed by atoms with Gasteiger partial charge in [0.05, 0.1) is 27.0 Å². The first-order chi connectivity index (χ1) is 13.4. The van der Waals surface area contributed by atoms with Crippen LogP contribution in [0.4, 0.5) is 10.1 Å². The van der Waals surface area contributed by atoms with Crippen LogP contribution in [-0.2, 0) is 4.79 Å². The zero-order valence-electron chi connectivity index (χ0n) is 14.2. The SMILES string of the molecule is Nc1ccc(Cl)c(C2=C3C=CC(Sc4ccc(F)cc4)=NN3CNC2=O)c1Cl. The number of hydrogen-bond acceptors (Lipinski definition) is 5. The molecule has 5 nitrogen and oxygen atoms in total. The van der Waals surface area contributed by atoms with Gasteiger partial charge in [0.25, 0.3) is 5.91 Å². The lowest BCUT2D eigenvalue weighted by Crippen LogP contribution is -2.42. The molecule has 1 amide bonds. The first-order valence-corrected chi connectivity index (χ1v) is 9.75. The number of nitrogens with one attached hydrogen (secondary N) is 1. The molecule has 0 unspecified atom stereocenters. The van der Waals surface area contributed by atoms with E-state index in [1.807, 2.05) is 0 Å². The maximum absolute atomic E-state index is 13.1. The number of nitrogens with two attached hydrogens (primary N) is 1. The highest BCUT2D eigenvalue weighted by Gasteiger charge is 2.30.